The minimum Gasteiger partial charge on any atom is -0.496 e. The largest absolute Gasteiger partial charge is 0.496 e. The molecule has 0 fully saturated rings. The van der Waals surface area contributed by atoms with Crippen molar-refractivity contribution < 1.29 is 9.47 Å². The Kier molecular flexibility index (Phi) is 6.61. The fraction of sp³-hybridized carbons (Fsp3) is 0.385. The number of ether oxygens (including phenoxy) is 2. The summed E-state index contributed by atoms with van der Waals surface area (Å²) in [5.41, 5.74) is 6.40. The molecule has 3 rings (SSSR count). The van der Waals surface area contributed by atoms with Gasteiger partial charge >= 0.3 is 0 Å². The molecular formula is C26H32O2. The number of rotatable bonds is 7. The predicted octanol–water partition coefficient (Wildman–Crippen LogP) is 6.51. The van der Waals surface area contributed by atoms with Gasteiger partial charge in [-0.25, -0.2) is 0 Å². The van der Waals surface area contributed by atoms with Gasteiger partial charge in [0, 0.05) is 11.5 Å². The van der Waals surface area contributed by atoms with E-state index in [0.29, 0.717) is 5.92 Å². The molecule has 0 N–H and O–H groups in total. The van der Waals surface area contributed by atoms with Crippen LogP contribution in [0.25, 0.3) is 0 Å². The Bertz CT molecular complexity index is 823. The Morgan fingerprint density at radius 2 is 1.61 bits per heavy atom. The smallest absolute Gasteiger partial charge is 0.126 e. The first-order chi connectivity index (χ1) is 13.5. The van der Waals surface area contributed by atoms with Crippen molar-refractivity contribution in [1.29, 1.82) is 0 Å². The molecule has 1 aliphatic rings. The lowest BCUT2D eigenvalue weighted by Crippen LogP contribution is -2.18. The summed E-state index contributed by atoms with van der Waals surface area (Å²) in [5.74, 6) is 2.51. The minimum absolute atomic E-state index is 0.249. The third kappa shape index (κ3) is 4.49. The molecule has 2 nitrogen and oxygen atoms in total. The second-order valence-electron chi connectivity index (χ2n) is 7.93. The van der Waals surface area contributed by atoms with Crippen LogP contribution in [0.4, 0.5) is 0 Å². The molecular weight excluding hydrogens is 344 g/mol. The number of hydrogen-bond acceptors (Lipinski definition) is 2. The minimum atomic E-state index is 0.249. The van der Waals surface area contributed by atoms with Crippen molar-refractivity contribution >= 4 is 0 Å². The molecule has 0 radical (unpaired) electrons. The number of methoxy groups -OCH3 is 2. The molecule has 2 aromatic carbocycles. The molecule has 0 aromatic heterocycles. The summed E-state index contributed by atoms with van der Waals surface area (Å²) in [6.45, 7) is 8.62. The molecule has 0 unspecified atom stereocenters. The van der Waals surface area contributed by atoms with Gasteiger partial charge in [-0.3, -0.25) is 0 Å². The molecule has 0 aliphatic heterocycles. The fourth-order valence-corrected chi connectivity index (χ4v) is 4.31. The van der Waals surface area contributed by atoms with E-state index >= 15 is 0 Å². The lowest BCUT2D eigenvalue weighted by Gasteiger charge is -2.32. The van der Waals surface area contributed by atoms with E-state index in [9.17, 15) is 0 Å². The third-order valence-corrected chi connectivity index (χ3v) is 5.86. The SMILES string of the molecule is C=C(C)[C@@H]1CCC(C)=C[C@H]1c1c(OC)cc(CCc2ccccc2)cc1OC. The first-order valence-electron chi connectivity index (χ1n) is 10.1. The maximum atomic E-state index is 5.86. The first-order valence-corrected chi connectivity index (χ1v) is 10.1. The summed E-state index contributed by atoms with van der Waals surface area (Å²) in [6.07, 6.45) is 6.61. The van der Waals surface area contributed by atoms with E-state index in [1.807, 2.05) is 0 Å². The van der Waals surface area contributed by atoms with Crippen LogP contribution < -0.4 is 9.47 Å². The van der Waals surface area contributed by atoms with E-state index in [-0.39, 0.29) is 5.92 Å². The summed E-state index contributed by atoms with van der Waals surface area (Å²) in [7, 11) is 3.52. The Labute approximate surface area is 169 Å². The van der Waals surface area contributed by atoms with E-state index in [1.165, 1.54) is 22.3 Å². The zero-order valence-corrected chi connectivity index (χ0v) is 17.6. The van der Waals surface area contributed by atoms with Gasteiger partial charge in [0.25, 0.3) is 0 Å². The molecule has 0 saturated heterocycles. The van der Waals surface area contributed by atoms with Crippen LogP contribution >= 0.6 is 0 Å². The van der Waals surface area contributed by atoms with Gasteiger partial charge in [-0.1, -0.05) is 54.1 Å². The first kappa shape index (κ1) is 20.3. The van der Waals surface area contributed by atoms with Crippen molar-refractivity contribution in [2.24, 2.45) is 5.92 Å². The van der Waals surface area contributed by atoms with Crippen LogP contribution in [0.3, 0.4) is 0 Å². The molecule has 2 atom stereocenters. The third-order valence-electron chi connectivity index (χ3n) is 5.86. The molecule has 1 aliphatic carbocycles. The van der Waals surface area contributed by atoms with Crippen LogP contribution in [0, 0.1) is 5.92 Å². The van der Waals surface area contributed by atoms with E-state index < -0.39 is 0 Å². The zero-order chi connectivity index (χ0) is 20.1. The second kappa shape index (κ2) is 9.14. The van der Waals surface area contributed by atoms with Crippen LogP contribution in [-0.4, -0.2) is 14.2 Å². The molecule has 0 saturated carbocycles. The normalized spacial score (nSPS) is 19.1. The quantitative estimate of drug-likeness (QED) is 0.513. The molecule has 0 spiro atoms. The summed E-state index contributed by atoms with van der Waals surface area (Å²) in [6, 6.07) is 15.0. The molecule has 148 valence electrons. The second-order valence-corrected chi connectivity index (χ2v) is 7.93. The van der Waals surface area contributed by atoms with Gasteiger partial charge in [-0.2, -0.15) is 0 Å². The van der Waals surface area contributed by atoms with Crippen LogP contribution in [0.5, 0.6) is 11.5 Å². The molecule has 2 aromatic rings. The van der Waals surface area contributed by atoms with Crippen molar-refractivity contribution in [1.82, 2.24) is 0 Å². The topological polar surface area (TPSA) is 18.5 Å². The van der Waals surface area contributed by atoms with Gasteiger partial charge in [0.1, 0.15) is 11.5 Å². The average Bonchev–Trinajstić information content (AvgIpc) is 2.71. The highest BCUT2D eigenvalue weighted by atomic mass is 16.5. The van der Waals surface area contributed by atoms with Gasteiger partial charge in [-0.05, 0) is 68.7 Å². The summed E-state index contributed by atoms with van der Waals surface area (Å²) in [4.78, 5) is 0. The molecule has 28 heavy (non-hydrogen) atoms. The summed E-state index contributed by atoms with van der Waals surface area (Å²) in [5, 5.41) is 0. The standard InChI is InChI=1S/C26H32O2/c1-18(2)22-14-11-19(3)15-23(22)26-24(27-4)16-21(17-25(26)28-5)13-12-20-9-7-6-8-10-20/h6-10,15-17,22-23H,1,11-14H2,2-5H3/t22-,23+/m0/s1. The highest BCUT2D eigenvalue weighted by molar-refractivity contribution is 5.53. The Morgan fingerprint density at radius 3 is 2.18 bits per heavy atom. The highest BCUT2D eigenvalue weighted by Gasteiger charge is 2.30. The number of hydrogen-bond donors (Lipinski definition) is 0. The van der Waals surface area contributed by atoms with E-state index in [1.54, 1.807) is 14.2 Å². The van der Waals surface area contributed by atoms with Crippen molar-refractivity contribution in [2.75, 3.05) is 14.2 Å². The van der Waals surface area contributed by atoms with E-state index in [0.717, 1.165) is 42.7 Å². The van der Waals surface area contributed by atoms with Gasteiger partial charge in [0.05, 0.1) is 14.2 Å². The zero-order valence-electron chi connectivity index (χ0n) is 17.6. The Morgan fingerprint density at radius 1 is 1.00 bits per heavy atom. The van der Waals surface area contributed by atoms with E-state index in [4.69, 9.17) is 9.47 Å². The van der Waals surface area contributed by atoms with Crippen LogP contribution in [0.15, 0.2) is 66.3 Å². The van der Waals surface area contributed by atoms with Crippen molar-refractivity contribution in [3.63, 3.8) is 0 Å². The molecule has 0 amide bonds. The van der Waals surface area contributed by atoms with Crippen LogP contribution in [0.2, 0.25) is 0 Å². The lowest BCUT2D eigenvalue weighted by atomic mass is 9.73. The predicted molar refractivity (Wildman–Crippen MR) is 117 cm³/mol. The van der Waals surface area contributed by atoms with Crippen LogP contribution in [-0.2, 0) is 12.8 Å². The van der Waals surface area contributed by atoms with Gasteiger partial charge in [0.2, 0.25) is 0 Å². The van der Waals surface area contributed by atoms with Crippen molar-refractivity contribution in [3.8, 4) is 11.5 Å². The van der Waals surface area contributed by atoms with Gasteiger partial charge in [0.15, 0.2) is 0 Å². The van der Waals surface area contributed by atoms with Crippen LogP contribution in [0.1, 0.15) is 49.3 Å². The van der Waals surface area contributed by atoms with Gasteiger partial charge < -0.3 is 9.47 Å². The van der Waals surface area contributed by atoms with Gasteiger partial charge in [-0.15, -0.1) is 0 Å². The Balaban J connectivity index is 1.97. The number of aryl methyl sites for hydroxylation is 2. The Hall–Kier alpha value is -2.48. The molecule has 0 bridgehead atoms. The van der Waals surface area contributed by atoms with Crippen molar-refractivity contribution in [2.45, 2.75) is 45.4 Å². The summed E-state index contributed by atoms with van der Waals surface area (Å²) < 4.78 is 11.7. The molecule has 0 heterocycles. The maximum Gasteiger partial charge on any atom is 0.126 e. The fourth-order valence-electron chi connectivity index (χ4n) is 4.31. The maximum absolute atomic E-state index is 5.86. The van der Waals surface area contributed by atoms with Crippen molar-refractivity contribution in [3.05, 3.63) is 83.0 Å². The number of benzene rings is 2. The lowest BCUT2D eigenvalue weighted by molar-refractivity contribution is 0.368. The summed E-state index contributed by atoms with van der Waals surface area (Å²) >= 11 is 0. The highest BCUT2D eigenvalue weighted by Crippen LogP contribution is 2.47. The number of allylic oxidation sites excluding steroid dienone is 3. The van der Waals surface area contributed by atoms with E-state index in [2.05, 4.69) is 69.0 Å². The molecule has 2 heteroatoms. The monoisotopic (exact) mass is 376 g/mol. The average molecular weight is 377 g/mol.